The number of aromatic nitrogens is 4. The van der Waals surface area contributed by atoms with Crippen molar-refractivity contribution in [3.63, 3.8) is 0 Å². The number of pyridine rings is 1. The molecule has 0 saturated carbocycles. The van der Waals surface area contributed by atoms with Crippen molar-refractivity contribution in [3.05, 3.63) is 29.2 Å². The molecule has 2 aromatic rings. The van der Waals surface area contributed by atoms with Crippen LogP contribution in [-0.2, 0) is 7.05 Å². The van der Waals surface area contributed by atoms with Gasteiger partial charge in [0.25, 0.3) is 0 Å². The van der Waals surface area contributed by atoms with Crippen LogP contribution in [0, 0.1) is 11.3 Å². The van der Waals surface area contributed by atoms with E-state index in [2.05, 4.69) is 15.1 Å². The minimum Gasteiger partial charge on any atom is -0.404 e. The predicted octanol–water partition coefficient (Wildman–Crippen LogP) is 1.53. The highest BCUT2D eigenvalue weighted by molar-refractivity contribution is 6.29. The van der Waals surface area contributed by atoms with Gasteiger partial charge in [0.15, 0.2) is 0 Å². The van der Waals surface area contributed by atoms with Gasteiger partial charge >= 0.3 is 6.01 Å². The number of ether oxygens (including phenoxy) is 1. The summed E-state index contributed by atoms with van der Waals surface area (Å²) in [6.45, 7) is 0. The summed E-state index contributed by atoms with van der Waals surface area (Å²) < 4.78 is 6.72. The third-order valence-electron chi connectivity index (χ3n) is 1.67. The number of hydrogen-bond donors (Lipinski definition) is 0. The molecule has 0 bridgehead atoms. The molecule has 0 aliphatic heterocycles. The maximum absolute atomic E-state index is 8.73. The van der Waals surface area contributed by atoms with Gasteiger partial charge in [-0.05, 0) is 6.07 Å². The molecule has 2 aromatic heterocycles. The first-order valence-electron chi connectivity index (χ1n) is 4.28. The number of rotatable bonds is 2. The molecule has 0 saturated heterocycles. The average Bonchev–Trinajstić information content (AvgIpc) is 2.63. The van der Waals surface area contributed by atoms with Gasteiger partial charge in [-0.1, -0.05) is 11.6 Å². The Morgan fingerprint density at radius 1 is 1.50 bits per heavy atom. The highest BCUT2D eigenvalue weighted by atomic mass is 35.5. The van der Waals surface area contributed by atoms with Crippen LogP contribution in [0.1, 0.15) is 5.56 Å². The van der Waals surface area contributed by atoms with Gasteiger partial charge in [0.05, 0.1) is 11.6 Å². The Morgan fingerprint density at radius 3 is 2.94 bits per heavy atom. The Labute approximate surface area is 96.1 Å². The lowest BCUT2D eigenvalue weighted by atomic mass is 10.3. The summed E-state index contributed by atoms with van der Waals surface area (Å²) in [6, 6.07) is 5.01. The molecule has 0 aromatic carbocycles. The van der Waals surface area contributed by atoms with Crippen LogP contribution in [0.25, 0.3) is 0 Å². The summed E-state index contributed by atoms with van der Waals surface area (Å²) in [5, 5.41) is 12.8. The zero-order valence-electron chi connectivity index (χ0n) is 8.25. The molecule has 0 spiro atoms. The van der Waals surface area contributed by atoms with Crippen LogP contribution in [0.5, 0.6) is 11.9 Å². The van der Waals surface area contributed by atoms with E-state index in [1.165, 1.54) is 23.1 Å². The van der Waals surface area contributed by atoms with Crippen molar-refractivity contribution in [3.8, 4) is 18.0 Å². The van der Waals surface area contributed by atoms with Gasteiger partial charge in [0.1, 0.15) is 11.5 Å². The smallest absolute Gasteiger partial charge is 0.342 e. The number of halogens is 1. The van der Waals surface area contributed by atoms with Crippen LogP contribution in [-0.4, -0.2) is 19.7 Å². The van der Waals surface area contributed by atoms with Gasteiger partial charge in [-0.25, -0.2) is 4.98 Å². The standard InChI is InChI=1S/C9H6ClN5O/c1-15-5-12-9(14-15)16-8-3-6(4-11)2-7(10)13-8/h2-3,5H,1H3. The highest BCUT2D eigenvalue weighted by Crippen LogP contribution is 2.19. The molecule has 0 N–H and O–H groups in total. The molecule has 7 heteroatoms. The fourth-order valence-corrected chi connectivity index (χ4v) is 1.25. The maximum Gasteiger partial charge on any atom is 0.342 e. The van der Waals surface area contributed by atoms with Crippen molar-refractivity contribution in [2.45, 2.75) is 0 Å². The monoisotopic (exact) mass is 235 g/mol. The van der Waals surface area contributed by atoms with E-state index in [4.69, 9.17) is 21.6 Å². The molecule has 0 radical (unpaired) electrons. The molecule has 80 valence electrons. The van der Waals surface area contributed by atoms with E-state index in [9.17, 15) is 0 Å². The lowest BCUT2D eigenvalue weighted by Gasteiger charge is -2.00. The molecule has 0 aliphatic rings. The molecule has 0 fully saturated rings. The van der Waals surface area contributed by atoms with Crippen LogP contribution >= 0.6 is 11.6 Å². The van der Waals surface area contributed by atoms with Gasteiger partial charge in [0.2, 0.25) is 5.88 Å². The third kappa shape index (κ3) is 2.27. The molecule has 0 atom stereocenters. The Morgan fingerprint density at radius 2 is 2.31 bits per heavy atom. The normalized spacial score (nSPS) is 9.81. The second-order valence-corrected chi connectivity index (χ2v) is 3.32. The van der Waals surface area contributed by atoms with Crippen molar-refractivity contribution in [1.29, 1.82) is 5.26 Å². The van der Waals surface area contributed by atoms with E-state index in [-0.39, 0.29) is 17.0 Å². The fourth-order valence-electron chi connectivity index (χ4n) is 1.05. The molecule has 2 rings (SSSR count). The quantitative estimate of drug-likeness (QED) is 0.738. The molecule has 16 heavy (non-hydrogen) atoms. The van der Waals surface area contributed by atoms with Gasteiger partial charge in [0, 0.05) is 13.1 Å². The first-order chi connectivity index (χ1) is 7.67. The molecular formula is C9H6ClN5O. The van der Waals surface area contributed by atoms with Crippen molar-refractivity contribution in [1.82, 2.24) is 19.7 Å². The van der Waals surface area contributed by atoms with Crippen molar-refractivity contribution in [2.75, 3.05) is 0 Å². The summed E-state index contributed by atoms with van der Waals surface area (Å²) in [6.07, 6.45) is 1.49. The molecular weight excluding hydrogens is 230 g/mol. The number of aryl methyl sites for hydroxylation is 1. The van der Waals surface area contributed by atoms with E-state index in [0.717, 1.165) is 0 Å². The summed E-state index contributed by atoms with van der Waals surface area (Å²) >= 11 is 5.71. The topological polar surface area (TPSA) is 76.6 Å². The summed E-state index contributed by atoms with van der Waals surface area (Å²) in [4.78, 5) is 7.75. The Hall–Kier alpha value is -2.13. The Balaban J connectivity index is 2.28. The highest BCUT2D eigenvalue weighted by Gasteiger charge is 2.06. The van der Waals surface area contributed by atoms with Crippen LogP contribution in [0.2, 0.25) is 5.15 Å². The number of nitrogens with zero attached hydrogens (tertiary/aromatic N) is 5. The fraction of sp³-hybridized carbons (Fsp3) is 0.111. The summed E-state index contributed by atoms with van der Waals surface area (Å²) in [5.74, 6) is 0.190. The summed E-state index contributed by atoms with van der Waals surface area (Å²) in [7, 11) is 1.71. The maximum atomic E-state index is 8.73. The second-order valence-electron chi connectivity index (χ2n) is 2.93. The Bertz CT molecular complexity index is 559. The average molecular weight is 236 g/mol. The van der Waals surface area contributed by atoms with Crippen LogP contribution in [0.3, 0.4) is 0 Å². The predicted molar refractivity (Wildman–Crippen MR) is 55.0 cm³/mol. The lowest BCUT2D eigenvalue weighted by Crippen LogP contribution is -1.93. The van der Waals surface area contributed by atoms with Gasteiger partial charge in [-0.3, -0.25) is 4.68 Å². The van der Waals surface area contributed by atoms with Crippen molar-refractivity contribution in [2.24, 2.45) is 7.05 Å². The molecule has 0 aliphatic carbocycles. The van der Waals surface area contributed by atoms with Crippen LogP contribution < -0.4 is 4.74 Å². The van der Waals surface area contributed by atoms with E-state index in [1.807, 2.05) is 6.07 Å². The van der Waals surface area contributed by atoms with E-state index >= 15 is 0 Å². The van der Waals surface area contributed by atoms with Gasteiger partial charge in [-0.15, -0.1) is 5.10 Å². The zero-order chi connectivity index (χ0) is 11.5. The SMILES string of the molecule is Cn1cnc(Oc2cc(C#N)cc(Cl)n2)n1. The molecule has 6 nitrogen and oxygen atoms in total. The van der Waals surface area contributed by atoms with Crippen LogP contribution in [0.4, 0.5) is 0 Å². The minimum absolute atomic E-state index is 0.154. The molecule has 0 unspecified atom stereocenters. The lowest BCUT2D eigenvalue weighted by molar-refractivity contribution is 0.422. The van der Waals surface area contributed by atoms with Gasteiger partial charge in [-0.2, -0.15) is 10.2 Å². The van der Waals surface area contributed by atoms with E-state index < -0.39 is 0 Å². The molecule has 2 heterocycles. The second kappa shape index (κ2) is 4.16. The Kier molecular flexibility index (Phi) is 2.70. The van der Waals surface area contributed by atoms with Gasteiger partial charge < -0.3 is 4.74 Å². The number of hydrogen-bond acceptors (Lipinski definition) is 5. The zero-order valence-corrected chi connectivity index (χ0v) is 9.01. The first-order valence-corrected chi connectivity index (χ1v) is 4.66. The minimum atomic E-state index is 0.154. The van der Waals surface area contributed by atoms with E-state index in [0.29, 0.717) is 5.56 Å². The summed E-state index contributed by atoms with van der Waals surface area (Å²) in [5.41, 5.74) is 0.367. The number of nitriles is 1. The molecule has 0 amide bonds. The van der Waals surface area contributed by atoms with Crippen LogP contribution in [0.15, 0.2) is 18.5 Å². The largest absolute Gasteiger partial charge is 0.404 e. The van der Waals surface area contributed by atoms with Crippen molar-refractivity contribution >= 4 is 11.6 Å². The third-order valence-corrected chi connectivity index (χ3v) is 1.87. The first kappa shape index (κ1) is 10.4. The van der Waals surface area contributed by atoms with Crippen molar-refractivity contribution < 1.29 is 4.74 Å². The van der Waals surface area contributed by atoms with E-state index in [1.54, 1.807) is 7.05 Å².